The molecule has 1 N–H and O–H groups in total. The van der Waals surface area contributed by atoms with Gasteiger partial charge in [0, 0.05) is 18.7 Å². The Bertz CT molecular complexity index is 1120. The molecule has 1 aliphatic rings. The molecule has 7 heteroatoms. The number of carbonyl (C=O) groups is 1. The molecule has 4 nitrogen and oxygen atoms in total. The van der Waals surface area contributed by atoms with Crippen LogP contribution in [0.4, 0.5) is 24.7 Å². The van der Waals surface area contributed by atoms with Gasteiger partial charge >= 0.3 is 6.18 Å². The molecule has 1 saturated heterocycles. The standard InChI is InChI=1S/C26H26F3N3O/c1-18-9-10-20(16-23(18)19-7-6-8-21(15-19)26(27,28)29)25(33)31-22-11-12-24(30-17-22)32-13-4-2-3-5-14-32/h6-12,15-17H,2-5,13-14H2,1H3,(H,31,33). The molecule has 172 valence electrons. The van der Waals surface area contributed by atoms with Crippen LogP contribution >= 0.6 is 0 Å². The normalized spacial score (nSPS) is 14.6. The second-order valence-electron chi connectivity index (χ2n) is 8.37. The maximum absolute atomic E-state index is 13.1. The summed E-state index contributed by atoms with van der Waals surface area (Å²) in [5, 5.41) is 2.83. The fraction of sp³-hybridized carbons (Fsp3) is 0.308. The van der Waals surface area contributed by atoms with Crippen LogP contribution in [0, 0.1) is 6.92 Å². The monoisotopic (exact) mass is 453 g/mol. The van der Waals surface area contributed by atoms with Crippen molar-refractivity contribution in [3.63, 3.8) is 0 Å². The number of alkyl halides is 3. The summed E-state index contributed by atoms with van der Waals surface area (Å²) in [5.74, 6) is 0.560. The number of aromatic nitrogens is 1. The van der Waals surface area contributed by atoms with Gasteiger partial charge in [-0.3, -0.25) is 4.79 Å². The summed E-state index contributed by atoms with van der Waals surface area (Å²) >= 11 is 0. The van der Waals surface area contributed by atoms with Gasteiger partial charge in [-0.2, -0.15) is 13.2 Å². The van der Waals surface area contributed by atoms with Gasteiger partial charge in [0.15, 0.2) is 0 Å². The van der Waals surface area contributed by atoms with Crippen molar-refractivity contribution < 1.29 is 18.0 Å². The van der Waals surface area contributed by atoms with Gasteiger partial charge in [0.2, 0.25) is 0 Å². The smallest absolute Gasteiger partial charge is 0.357 e. The molecule has 1 aromatic heterocycles. The Labute approximate surface area is 191 Å². The van der Waals surface area contributed by atoms with Crippen LogP contribution in [0.15, 0.2) is 60.8 Å². The summed E-state index contributed by atoms with van der Waals surface area (Å²) in [5.41, 5.74) is 2.01. The van der Waals surface area contributed by atoms with E-state index in [1.54, 1.807) is 30.5 Å². The molecular formula is C26H26F3N3O. The fourth-order valence-electron chi connectivity index (χ4n) is 4.09. The molecule has 2 heterocycles. The van der Waals surface area contributed by atoms with Crippen LogP contribution in [0.2, 0.25) is 0 Å². The van der Waals surface area contributed by atoms with Crippen LogP contribution in [0.1, 0.15) is 47.2 Å². The number of aryl methyl sites for hydroxylation is 1. The summed E-state index contributed by atoms with van der Waals surface area (Å²) in [7, 11) is 0. The van der Waals surface area contributed by atoms with Crippen molar-refractivity contribution in [1.29, 1.82) is 0 Å². The number of halogens is 3. The molecule has 0 bridgehead atoms. The second kappa shape index (κ2) is 9.65. The van der Waals surface area contributed by atoms with E-state index in [4.69, 9.17) is 0 Å². The molecule has 0 atom stereocenters. The van der Waals surface area contributed by atoms with E-state index in [0.29, 0.717) is 22.4 Å². The quantitative estimate of drug-likeness (QED) is 0.478. The Hall–Kier alpha value is -3.35. The molecular weight excluding hydrogens is 427 g/mol. The van der Waals surface area contributed by atoms with Gasteiger partial charge in [0.1, 0.15) is 5.82 Å². The second-order valence-corrected chi connectivity index (χ2v) is 8.37. The van der Waals surface area contributed by atoms with E-state index in [1.165, 1.54) is 18.9 Å². The maximum Gasteiger partial charge on any atom is 0.416 e. The molecule has 1 fully saturated rings. The first-order valence-electron chi connectivity index (χ1n) is 11.1. The molecule has 33 heavy (non-hydrogen) atoms. The lowest BCUT2D eigenvalue weighted by Gasteiger charge is -2.21. The van der Waals surface area contributed by atoms with Crippen LogP contribution in [0.25, 0.3) is 11.1 Å². The van der Waals surface area contributed by atoms with E-state index in [1.807, 2.05) is 19.1 Å². The van der Waals surface area contributed by atoms with E-state index in [-0.39, 0.29) is 5.91 Å². The molecule has 1 amide bonds. The van der Waals surface area contributed by atoms with Gasteiger partial charge in [0.05, 0.1) is 17.4 Å². The summed E-state index contributed by atoms with van der Waals surface area (Å²) in [6.07, 6.45) is 2.00. The van der Waals surface area contributed by atoms with E-state index in [2.05, 4.69) is 15.2 Å². The summed E-state index contributed by atoms with van der Waals surface area (Å²) in [6, 6.07) is 13.9. The topological polar surface area (TPSA) is 45.2 Å². The maximum atomic E-state index is 13.1. The predicted molar refractivity (Wildman–Crippen MR) is 124 cm³/mol. The predicted octanol–water partition coefficient (Wildman–Crippen LogP) is 6.71. The third-order valence-corrected chi connectivity index (χ3v) is 5.94. The van der Waals surface area contributed by atoms with E-state index in [9.17, 15) is 18.0 Å². The van der Waals surface area contributed by atoms with E-state index < -0.39 is 11.7 Å². The Kier molecular flexibility index (Phi) is 6.67. The Morgan fingerprint density at radius 1 is 0.970 bits per heavy atom. The van der Waals surface area contributed by atoms with Crippen molar-refractivity contribution in [2.24, 2.45) is 0 Å². The zero-order chi connectivity index (χ0) is 23.4. The highest BCUT2D eigenvalue weighted by Gasteiger charge is 2.30. The first kappa shape index (κ1) is 22.8. The summed E-state index contributed by atoms with van der Waals surface area (Å²) in [6.45, 7) is 3.78. The molecule has 0 aliphatic carbocycles. The third-order valence-electron chi connectivity index (χ3n) is 5.94. The lowest BCUT2D eigenvalue weighted by Crippen LogP contribution is -2.24. The van der Waals surface area contributed by atoms with Crippen molar-refractivity contribution in [2.45, 2.75) is 38.8 Å². The van der Waals surface area contributed by atoms with Gasteiger partial charge in [-0.25, -0.2) is 4.98 Å². The van der Waals surface area contributed by atoms with Crippen molar-refractivity contribution >= 4 is 17.4 Å². The third kappa shape index (κ3) is 5.53. The number of carbonyl (C=O) groups excluding carboxylic acids is 1. The fourth-order valence-corrected chi connectivity index (χ4v) is 4.09. The molecule has 2 aromatic carbocycles. The zero-order valence-electron chi connectivity index (χ0n) is 18.5. The minimum absolute atomic E-state index is 0.340. The lowest BCUT2D eigenvalue weighted by atomic mass is 9.96. The van der Waals surface area contributed by atoms with Crippen LogP contribution in [-0.4, -0.2) is 24.0 Å². The van der Waals surface area contributed by atoms with Crippen LogP contribution in [0.3, 0.4) is 0 Å². The van der Waals surface area contributed by atoms with Gasteiger partial charge in [0.25, 0.3) is 5.91 Å². The molecule has 4 rings (SSSR count). The number of rotatable bonds is 4. The molecule has 0 radical (unpaired) electrons. The molecule has 0 saturated carbocycles. The van der Waals surface area contributed by atoms with Crippen molar-refractivity contribution in [1.82, 2.24) is 4.98 Å². The van der Waals surface area contributed by atoms with Crippen LogP contribution in [0.5, 0.6) is 0 Å². The Morgan fingerprint density at radius 3 is 2.39 bits per heavy atom. The highest BCUT2D eigenvalue weighted by atomic mass is 19.4. The highest BCUT2D eigenvalue weighted by molar-refractivity contribution is 6.05. The molecule has 3 aromatic rings. The minimum atomic E-state index is -4.43. The first-order valence-corrected chi connectivity index (χ1v) is 11.1. The Balaban J connectivity index is 1.51. The summed E-state index contributed by atoms with van der Waals surface area (Å²) < 4.78 is 39.4. The van der Waals surface area contributed by atoms with Crippen LogP contribution in [-0.2, 0) is 6.18 Å². The molecule has 1 aliphatic heterocycles. The minimum Gasteiger partial charge on any atom is -0.357 e. The number of anilines is 2. The van der Waals surface area contributed by atoms with Crippen molar-refractivity contribution in [2.75, 3.05) is 23.3 Å². The van der Waals surface area contributed by atoms with E-state index in [0.717, 1.165) is 49.4 Å². The first-order chi connectivity index (χ1) is 15.8. The average molecular weight is 454 g/mol. The number of amides is 1. The van der Waals surface area contributed by atoms with Crippen molar-refractivity contribution in [3.05, 3.63) is 77.5 Å². The SMILES string of the molecule is Cc1ccc(C(=O)Nc2ccc(N3CCCCCC3)nc2)cc1-c1cccc(C(F)(F)F)c1. The number of hydrogen-bond acceptors (Lipinski definition) is 3. The lowest BCUT2D eigenvalue weighted by molar-refractivity contribution is -0.137. The largest absolute Gasteiger partial charge is 0.416 e. The molecule has 0 unspecified atom stereocenters. The van der Waals surface area contributed by atoms with Crippen molar-refractivity contribution in [3.8, 4) is 11.1 Å². The molecule has 0 spiro atoms. The van der Waals surface area contributed by atoms with E-state index >= 15 is 0 Å². The van der Waals surface area contributed by atoms with Gasteiger partial charge in [-0.1, -0.05) is 31.0 Å². The van der Waals surface area contributed by atoms with Crippen LogP contribution < -0.4 is 10.2 Å². The van der Waals surface area contributed by atoms with Gasteiger partial charge in [-0.15, -0.1) is 0 Å². The number of benzene rings is 2. The average Bonchev–Trinajstić information content (AvgIpc) is 3.09. The number of nitrogens with zero attached hydrogens (tertiary/aromatic N) is 2. The number of hydrogen-bond donors (Lipinski definition) is 1. The zero-order valence-corrected chi connectivity index (χ0v) is 18.5. The van der Waals surface area contributed by atoms with Gasteiger partial charge < -0.3 is 10.2 Å². The number of pyridine rings is 1. The highest BCUT2D eigenvalue weighted by Crippen LogP contribution is 2.33. The summed E-state index contributed by atoms with van der Waals surface area (Å²) in [4.78, 5) is 19.6. The Morgan fingerprint density at radius 2 is 1.73 bits per heavy atom. The van der Waals surface area contributed by atoms with Gasteiger partial charge in [-0.05, 0) is 72.9 Å². The number of nitrogens with one attached hydrogen (secondary N) is 1.